The van der Waals surface area contributed by atoms with Gasteiger partial charge in [0, 0.05) is 0 Å². The van der Waals surface area contributed by atoms with Gasteiger partial charge in [-0.15, -0.1) is 0 Å². The van der Waals surface area contributed by atoms with E-state index in [1.54, 1.807) is 0 Å². The molecule has 0 aromatic rings. The van der Waals surface area contributed by atoms with E-state index in [2.05, 4.69) is 67.9 Å². The Labute approximate surface area is 114 Å². The summed E-state index contributed by atoms with van der Waals surface area (Å²) >= 11 is -1.83. The van der Waals surface area contributed by atoms with Gasteiger partial charge >= 0.3 is 115 Å². The molecule has 0 aromatic carbocycles. The zero-order chi connectivity index (χ0) is 13.8. The Morgan fingerprint density at radius 2 is 1.35 bits per heavy atom. The molecule has 0 spiro atoms. The van der Waals surface area contributed by atoms with Crippen molar-refractivity contribution in [3.05, 3.63) is 0 Å². The first-order chi connectivity index (χ1) is 7.28. The van der Waals surface area contributed by atoms with Gasteiger partial charge < -0.3 is 0 Å². The summed E-state index contributed by atoms with van der Waals surface area (Å²) in [5.41, 5.74) is 0.310. The number of hydrogen-bond donors (Lipinski definition) is 0. The van der Waals surface area contributed by atoms with E-state index >= 15 is 0 Å². The summed E-state index contributed by atoms with van der Waals surface area (Å²) in [5, 5.41) is 0.411. The van der Waals surface area contributed by atoms with Gasteiger partial charge in [0.25, 0.3) is 0 Å². The third-order valence-electron chi connectivity index (χ3n) is 4.26. The molecule has 0 N–H and O–H groups in total. The molecule has 1 fully saturated rings. The maximum atomic E-state index is 2.78. The molecule has 17 heavy (non-hydrogen) atoms. The van der Waals surface area contributed by atoms with Crippen molar-refractivity contribution in [3.8, 4) is 0 Å². The first kappa shape index (κ1) is 15.9. The Morgan fingerprint density at radius 1 is 0.941 bits per heavy atom. The zero-order valence-electron chi connectivity index (χ0n) is 13.7. The molecular weight excluding hydrogens is 310 g/mol. The summed E-state index contributed by atoms with van der Waals surface area (Å²) in [6, 6.07) is 0. The molecule has 1 saturated heterocycles. The third-order valence-corrected chi connectivity index (χ3v) is 12.2. The summed E-state index contributed by atoms with van der Waals surface area (Å²) in [4.78, 5) is 7.82. The molecule has 1 heterocycles. The van der Waals surface area contributed by atoms with Gasteiger partial charge in [-0.05, 0) is 0 Å². The minimum absolute atomic E-state index is 0.310. The van der Waals surface area contributed by atoms with Crippen molar-refractivity contribution in [2.24, 2.45) is 0 Å². The van der Waals surface area contributed by atoms with Crippen LogP contribution in [0.5, 0.6) is 0 Å². The van der Waals surface area contributed by atoms with Gasteiger partial charge in [0.05, 0.1) is 0 Å². The molecule has 0 radical (unpaired) electrons. The molecule has 0 aliphatic carbocycles. The fourth-order valence-corrected chi connectivity index (χ4v) is 13.1. The van der Waals surface area contributed by atoms with Crippen molar-refractivity contribution in [2.45, 2.75) is 77.8 Å². The maximum absolute atomic E-state index is 2.78. The van der Waals surface area contributed by atoms with E-state index in [0.717, 1.165) is 17.4 Å². The van der Waals surface area contributed by atoms with E-state index in [0.29, 0.717) is 10.9 Å². The minimum atomic E-state index is -1.83. The Bertz CT molecular complexity index is 263. The number of nitrogens with zero attached hydrogens (tertiary/aromatic N) is 1. The molecule has 1 aliphatic heterocycles. The Kier molecular flexibility index (Phi) is 4.19. The molecule has 1 nitrogen and oxygen atoms in total. The van der Waals surface area contributed by atoms with Gasteiger partial charge in [0.1, 0.15) is 0 Å². The van der Waals surface area contributed by atoms with Crippen LogP contribution >= 0.6 is 0 Å². The molecule has 0 amide bonds. The van der Waals surface area contributed by atoms with Crippen molar-refractivity contribution in [3.63, 3.8) is 0 Å². The first-order valence-electron chi connectivity index (χ1n) is 7.06. The second kappa shape index (κ2) is 4.47. The molecule has 1 aliphatic rings. The fourth-order valence-electron chi connectivity index (χ4n) is 3.94. The van der Waals surface area contributed by atoms with E-state index in [1.807, 2.05) is 0 Å². The molecule has 98 valence electrons. The molecule has 4 heteroatoms. The summed E-state index contributed by atoms with van der Waals surface area (Å²) in [7, 11) is 0. The van der Waals surface area contributed by atoms with Gasteiger partial charge in [0.2, 0.25) is 0 Å². The molecule has 1 atom stereocenters. The average molecular weight is 342 g/mol. The van der Waals surface area contributed by atoms with Crippen LogP contribution in [-0.4, -0.2) is 42.3 Å². The summed E-state index contributed by atoms with van der Waals surface area (Å²) in [6.45, 7) is 18.4. The van der Waals surface area contributed by atoms with Gasteiger partial charge in [-0.2, -0.15) is 0 Å². The van der Waals surface area contributed by atoms with Crippen LogP contribution in [0.2, 0.25) is 30.7 Å². The summed E-state index contributed by atoms with van der Waals surface area (Å²) in [5.74, 6) is 0. The average Bonchev–Trinajstić information content (AvgIpc) is 1.90. The van der Waals surface area contributed by atoms with Gasteiger partial charge in [-0.25, -0.2) is 0 Å². The SMILES string of the molecule is CB1[CH]([Sn]([CH3])([CH3])[CH3])B(C(C)(C)C)N1C(C)(C)C. The predicted octanol–water partition coefficient (Wildman–Crippen LogP) is 4.30. The normalized spacial score (nSPS) is 24.0. The van der Waals surface area contributed by atoms with Gasteiger partial charge in [-0.3, -0.25) is 0 Å². The van der Waals surface area contributed by atoms with Crippen LogP contribution in [0.4, 0.5) is 0 Å². The van der Waals surface area contributed by atoms with Crippen molar-refractivity contribution < 1.29 is 0 Å². The van der Waals surface area contributed by atoms with Gasteiger partial charge in [0.15, 0.2) is 0 Å². The van der Waals surface area contributed by atoms with Crippen LogP contribution in [0.15, 0.2) is 0 Å². The molecule has 0 saturated carbocycles. The summed E-state index contributed by atoms with van der Waals surface area (Å²) < 4.78 is 3.78. The molecular formula is C13H31B2NSn. The Balaban J connectivity index is 3.07. The van der Waals surface area contributed by atoms with Crippen molar-refractivity contribution in [1.82, 2.24) is 4.72 Å². The van der Waals surface area contributed by atoms with Crippen LogP contribution < -0.4 is 0 Å². The van der Waals surface area contributed by atoms with E-state index in [1.165, 1.54) is 0 Å². The number of rotatable bonds is 1. The van der Waals surface area contributed by atoms with Crippen LogP contribution in [0, 0.1) is 0 Å². The predicted molar refractivity (Wildman–Crippen MR) is 85.8 cm³/mol. The first-order valence-corrected chi connectivity index (χ1v) is 17.3. The summed E-state index contributed by atoms with van der Waals surface area (Å²) in [6.07, 6.45) is 0. The van der Waals surface area contributed by atoms with E-state index in [4.69, 9.17) is 0 Å². The van der Waals surface area contributed by atoms with Crippen molar-refractivity contribution >= 4 is 32.1 Å². The quantitative estimate of drug-likeness (QED) is 0.643. The molecule has 1 rings (SSSR count). The second-order valence-electron chi connectivity index (χ2n) is 9.02. The van der Waals surface area contributed by atoms with Crippen molar-refractivity contribution in [2.75, 3.05) is 0 Å². The number of hydrogen-bond acceptors (Lipinski definition) is 1. The molecule has 1 unspecified atom stereocenters. The Hall–Kier alpha value is 0.889. The van der Waals surface area contributed by atoms with E-state index in [-0.39, 0.29) is 0 Å². The molecule has 0 aromatic heterocycles. The fraction of sp³-hybridized carbons (Fsp3) is 1.00. The van der Waals surface area contributed by atoms with Crippen LogP contribution in [0.25, 0.3) is 0 Å². The Morgan fingerprint density at radius 3 is 1.59 bits per heavy atom. The van der Waals surface area contributed by atoms with E-state index < -0.39 is 18.4 Å². The van der Waals surface area contributed by atoms with Crippen LogP contribution in [-0.2, 0) is 0 Å². The van der Waals surface area contributed by atoms with Gasteiger partial charge in [-0.1, -0.05) is 0 Å². The van der Waals surface area contributed by atoms with Crippen LogP contribution in [0.1, 0.15) is 41.5 Å². The standard InChI is InChI=1S/C10H22B2N.3CH3.Sn/c1-9(2,3)12-8-11(7)13(12)10(4,5)6;;;;/h8H,1-7H3;3*1H3;. The second-order valence-corrected chi connectivity index (χ2v) is 24.4. The zero-order valence-corrected chi connectivity index (χ0v) is 16.5. The van der Waals surface area contributed by atoms with Crippen LogP contribution in [0.3, 0.4) is 0 Å². The third kappa shape index (κ3) is 3.08. The molecule has 0 bridgehead atoms. The van der Waals surface area contributed by atoms with E-state index in [9.17, 15) is 0 Å². The topological polar surface area (TPSA) is 3.24 Å². The van der Waals surface area contributed by atoms with Crippen molar-refractivity contribution in [1.29, 1.82) is 0 Å². The monoisotopic (exact) mass is 343 g/mol.